The maximum atomic E-state index is 14.0. The molecule has 10 heteroatoms. The Hall–Kier alpha value is -3.69. The van der Waals surface area contributed by atoms with Crippen molar-refractivity contribution in [1.82, 2.24) is 4.57 Å². The van der Waals surface area contributed by atoms with Crippen LogP contribution in [0.15, 0.2) is 63.5 Å². The maximum absolute atomic E-state index is 14.0. The smallest absolute Gasteiger partial charge is 0.338 e. The summed E-state index contributed by atoms with van der Waals surface area (Å²) in [6.07, 6.45) is 0. The molecule has 0 radical (unpaired) electrons. The lowest BCUT2D eigenvalue weighted by molar-refractivity contribution is -0.139. The first-order valence-corrected chi connectivity index (χ1v) is 12.4. The zero-order valence-electron chi connectivity index (χ0n) is 20.0. The largest absolute Gasteiger partial charge is 0.496 e. The van der Waals surface area contributed by atoms with Gasteiger partial charge in [-0.25, -0.2) is 9.79 Å². The number of nitrogens with zero attached hydrogens (tertiary/aromatic N) is 3. The number of halogens is 1. The van der Waals surface area contributed by atoms with Crippen LogP contribution in [-0.2, 0) is 14.3 Å². The van der Waals surface area contributed by atoms with Crippen LogP contribution in [0.1, 0.15) is 31.0 Å². The number of anilines is 1. The van der Waals surface area contributed by atoms with Gasteiger partial charge in [-0.2, -0.15) is 0 Å². The van der Waals surface area contributed by atoms with E-state index in [1.165, 1.54) is 16.6 Å². The molecule has 0 N–H and O–H groups in total. The maximum Gasteiger partial charge on any atom is 0.338 e. The Morgan fingerprint density at radius 2 is 1.94 bits per heavy atom. The Kier molecular flexibility index (Phi) is 6.05. The molecule has 1 aromatic heterocycles. The number of esters is 1. The number of aromatic nitrogens is 1. The number of rotatable bonds is 4. The van der Waals surface area contributed by atoms with E-state index in [2.05, 4.69) is 4.99 Å². The fraction of sp³-hybridized carbons (Fsp3) is 0.231. The standard InChI is InChI=1S/C26H22ClN3O5S/c1-5-35-25(33)19-13(2)28-26-30(21(19)16-12-14(27)10-11-18(16)34-4)24(32)22(36-26)20-15-8-6-7-9-17(15)29(3)23(20)31/h6-12,21H,5H2,1-4H3/b22-20+/t21-/m0/s1. The molecule has 0 saturated carbocycles. The fourth-order valence-electron chi connectivity index (χ4n) is 4.64. The molecule has 2 aliphatic heterocycles. The normalized spacial score (nSPS) is 18.1. The number of hydrogen-bond donors (Lipinski definition) is 0. The Morgan fingerprint density at radius 3 is 2.67 bits per heavy atom. The minimum absolute atomic E-state index is 0.154. The van der Waals surface area contributed by atoms with Gasteiger partial charge in [0.15, 0.2) is 4.80 Å². The fourth-order valence-corrected chi connectivity index (χ4v) is 5.96. The topological polar surface area (TPSA) is 90.2 Å². The first kappa shape index (κ1) is 24.0. The zero-order valence-corrected chi connectivity index (χ0v) is 21.6. The second-order valence-electron chi connectivity index (χ2n) is 8.27. The van der Waals surface area contributed by atoms with E-state index < -0.39 is 17.6 Å². The number of ether oxygens (including phenoxy) is 2. The van der Waals surface area contributed by atoms with Crippen LogP contribution in [0, 0.1) is 0 Å². The minimum atomic E-state index is -0.909. The van der Waals surface area contributed by atoms with Crippen LogP contribution in [-0.4, -0.2) is 37.2 Å². The molecule has 8 nitrogen and oxygen atoms in total. The number of carbonyl (C=O) groups is 2. The van der Waals surface area contributed by atoms with Crippen LogP contribution in [0.25, 0.3) is 5.57 Å². The molecule has 3 heterocycles. The van der Waals surface area contributed by atoms with Crippen molar-refractivity contribution < 1.29 is 19.1 Å². The number of benzene rings is 2. The SMILES string of the molecule is CCOC(=O)C1=C(C)N=c2s/c(=C3/C(=O)N(C)c4ccccc43)c(=O)n2[C@H]1c1cc(Cl)ccc1OC. The summed E-state index contributed by atoms with van der Waals surface area (Å²) in [5.41, 5.74) is 2.40. The highest BCUT2D eigenvalue weighted by Gasteiger charge is 2.37. The van der Waals surface area contributed by atoms with E-state index in [1.807, 2.05) is 24.3 Å². The van der Waals surface area contributed by atoms with Crippen molar-refractivity contribution in [2.75, 3.05) is 25.7 Å². The molecule has 0 unspecified atom stereocenters. The van der Waals surface area contributed by atoms with Crippen molar-refractivity contribution in [2.45, 2.75) is 19.9 Å². The third-order valence-corrected chi connectivity index (χ3v) is 7.55. The highest BCUT2D eigenvalue weighted by molar-refractivity contribution is 7.07. The average Bonchev–Trinajstić information content (AvgIpc) is 3.31. The third-order valence-electron chi connectivity index (χ3n) is 6.26. The molecule has 2 aromatic carbocycles. The van der Waals surface area contributed by atoms with Crippen LogP contribution >= 0.6 is 22.9 Å². The van der Waals surface area contributed by atoms with E-state index >= 15 is 0 Å². The molecule has 0 fully saturated rings. The van der Waals surface area contributed by atoms with Gasteiger partial charge in [-0.15, -0.1) is 0 Å². The van der Waals surface area contributed by atoms with Crippen molar-refractivity contribution in [3.05, 3.63) is 89.6 Å². The van der Waals surface area contributed by atoms with E-state index in [-0.39, 0.29) is 22.6 Å². The van der Waals surface area contributed by atoms with Gasteiger partial charge in [0, 0.05) is 23.2 Å². The van der Waals surface area contributed by atoms with E-state index in [1.54, 1.807) is 39.1 Å². The Balaban J connectivity index is 1.87. The lowest BCUT2D eigenvalue weighted by Crippen LogP contribution is -2.41. The molecule has 0 saturated heterocycles. The number of para-hydroxylation sites is 1. The number of thiazole rings is 1. The second-order valence-corrected chi connectivity index (χ2v) is 9.68. The minimum Gasteiger partial charge on any atom is -0.496 e. The molecule has 184 valence electrons. The lowest BCUT2D eigenvalue weighted by atomic mass is 9.95. The van der Waals surface area contributed by atoms with Gasteiger partial charge in [0.2, 0.25) is 0 Å². The average molecular weight is 524 g/mol. The van der Waals surface area contributed by atoms with Gasteiger partial charge in [-0.3, -0.25) is 14.2 Å². The highest BCUT2D eigenvalue weighted by atomic mass is 35.5. The molecule has 0 spiro atoms. The third kappa shape index (κ3) is 3.58. The van der Waals surface area contributed by atoms with Crippen LogP contribution in [0.4, 0.5) is 5.69 Å². The number of fused-ring (bicyclic) bond motifs is 2. The van der Waals surface area contributed by atoms with E-state index in [9.17, 15) is 14.4 Å². The quantitative estimate of drug-likeness (QED) is 0.491. The van der Waals surface area contributed by atoms with E-state index in [4.69, 9.17) is 21.1 Å². The molecule has 2 aliphatic rings. The number of methoxy groups -OCH3 is 1. The molecule has 1 amide bonds. The van der Waals surface area contributed by atoms with Gasteiger partial charge in [-0.1, -0.05) is 41.1 Å². The number of hydrogen-bond acceptors (Lipinski definition) is 7. The second kappa shape index (κ2) is 9.07. The Bertz CT molecular complexity index is 1650. The molecule has 5 rings (SSSR count). The van der Waals surface area contributed by atoms with Crippen molar-refractivity contribution in [2.24, 2.45) is 4.99 Å². The summed E-state index contributed by atoms with van der Waals surface area (Å²) in [5, 5.41) is 0.412. The molecule has 36 heavy (non-hydrogen) atoms. The molecular weight excluding hydrogens is 502 g/mol. The van der Waals surface area contributed by atoms with Crippen LogP contribution in [0.2, 0.25) is 5.02 Å². The zero-order chi connectivity index (χ0) is 25.7. The van der Waals surface area contributed by atoms with Gasteiger partial charge in [0.1, 0.15) is 16.3 Å². The van der Waals surface area contributed by atoms with Crippen molar-refractivity contribution in [3.8, 4) is 5.75 Å². The van der Waals surface area contributed by atoms with Crippen molar-refractivity contribution in [1.29, 1.82) is 0 Å². The van der Waals surface area contributed by atoms with E-state index in [0.29, 0.717) is 38.0 Å². The van der Waals surface area contributed by atoms with Gasteiger partial charge in [-0.05, 0) is 38.1 Å². The lowest BCUT2D eigenvalue weighted by Gasteiger charge is -2.26. The first-order chi connectivity index (χ1) is 17.3. The summed E-state index contributed by atoms with van der Waals surface area (Å²) < 4.78 is 12.6. The summed E-state index contributed by atoms with van der Waals surface area (Å²) in [6, 6.07) is 11.4. The van der Waals surface area contributed by atoms with Crippen LogP contribution in [0.3, 0.4) is 0 Å². The predicted molar refractivity (Wildman–Crippen MR) is 137 cm³/mol. The predicted octanol–water partition coefficient (Wildman–Crippen LogP) is 2.81. The molecule has 3 aromatic rings. The summed E-state index contributed by atoms with van der Waals surface area (Å²) in [6.45, 7) is 3.56. The summed E-state index contributed by atoms with van der Waals surface area (Å²) in [5.74, 6) is -0.424. The van der Waals surface area contributed by atoms with Crippen LogP contribution < -0.4 is 24.5 Å². The Labute approximate surface area is 215 Å². The highest BCUT2D eigenvalue weighted by Crippen LogP contribution is 2.38. The first-order valence-electron chi connectivity index (χ1n) is 11.2. The number of allylic oxidation sites excluding steroid dienone is 1. The van der Waals surface area contributed by atoms with Crippen molar-refractivity contribution in [3.63, 3.8) is 0 Å². The van der Waals surface area contributed by atoms with Gasteiger partial charge in [0.25, 0.3) is 11.5 Å². The molecule has 0 bridgehead atoms. The summed E-state index contributed by atoms with van der Waals surface area (Å²) in [4.78, 5) is 46.9. The molecule has 1 atom stereocenters. The van der Waals surface area contributed by atoms with Crippen molar-refractivity contribution >= 4 is 46.1 Å². The number of likely N-dealkylation sites (N-methyl/N-ethyl adjacent to an activating group) is 1. The Morgan fingerprint density at radius 1 is 1.19 bits per heavy atom. The monoisotopic (exact) mass is 523 g/mol. The molecule has 0 aliphatic carbocycles. The van der Waals surface area contributed by atoms with Gasteiger partial charge >= 0.3 is 5.97 Å². The van der Waals surface area contributed by atoms with Gasteiger partial charge in [0.05, 0.1) is 36.2 Å². The number of amides is 1. The van der Waals surface area contributed by atoms with Crippen LogP contribution in [0.5, 0.6) is 5.75 Å². The number of carbonyl (C=O) groups excluding carboxylic acids is 2. The van der Waals surface area contributed by atoms with Gasteiger partial charge < -0.3 is 14.4 Å². The summed E-state index contributed by atoms with van der Waals surface area (Å²) in [7, 11) is 3.18. The van der Waals surface area contributed by atoms with E-state index in [0.717, 1.165) is 17.0 Å². The summed E-state index contributed by atoms with van der Waals surface area (Å²) >= 11 is 7.45. The molecular formula is C26H22ClN3O5S.